The highest BCUT2D eigenvalue weighted by Crippen LogP contribution is 2.36. The number of nitrogens with zero attached hydrogens (tertiary/aromatic N) is 5. The number of carbonyl (C=O) groups excluding carboxylic acids is 1. The zero-order valence-electron chi connectivity index (χ0n) is 13.2. The minimum absolute atomic E-state index is 0.170. The first kappa shape index (κ1) is 15.1. The molecule has 1 saturated carbocycles. The molecule has 2 fully saturated rings. The van der Waals surface area contributed by atoms with E-state index in [2.05, 4.69) is 15.4 Å². The molecule has 2 aliphatic rings. The third kappa shape index (κ3) is 2.52. The number of aromatic nitrogens is 5. The molecule has 2 N–H and O–H groups in total. The zero-order valence-corrected chi connectivity index (χ0v) is 13.2. The lowest BCUT2D eigenvalue weighted by Gasteiger charge is -2.14. The molecule has 24 heavy (non-hydrogen) atoms. The lowest BCUT2D eigenvalue weighted by Crippen LogP contribution is -2.30. The first-order valence-corrected chi connectivity index (χ1v) is 7.96. The Morgan fingerprint density at radius 1 is 1.33 bits per heavy atom. The molecular formula is C14H18N6O4. The molecule has 1 aliphatic carbocycles. The minimum atomic E-state index is -0.529. The first-order chi connectivity index (χ1) is 11.5. The number of hydrogen-bond donors (Lipinski definition) is 1. The Kier molecular flexibility index (Phi) is 3.48. The molecule has 1 saturated heterocycles. The summed E-state index contributed by atoms with van der Waals surface area (Å²) in [5.74, 6) is -0.141. The van der Waals surface area contributed by atoms with Crippen LogP contribution in [0.3, 0.4) is 0 Å². The van der Waals surface area contributed by atoms with Crippen LogP contribution in [-0.2, 0) is 14.3 Å². The summed E-state index contributed by atoms with van der Waals surface area (Å²) in [7, 11) is 0. The van der Waals surface area contributed by atoms with Gasteiger partial charge in [-0.25, -0.2) is 0 Å². The smallest absolute Gasteiger partial charge is 0.302 e. The summed E-state index contributed by atoms with van der Waals surface area (Å²) in [6.07, 6.45) is 2.44. The molecule has 128 valence electrons. The summed E-state index contributed by atoms with van der Waals surface area (Å²) in [6, 6.07) is 0.205. The summed E-state index contributed by atoms with van der Waals surface area (Å²) in [5, 5.41) is 12.2. The Bertz CT molecular complexity index is 855. The zero-order chi connectivity index (χ0) is 16.8. The van der Waals surface area contributed by atoms with Crippen molar-refractivity contribution in [3.8, 4) is 0 Å². The van der Waals surface area contributed by atoms with E-state index in [1.807, 2.05) is 0 Å². The molecule has 10 nitrogen and oxygen atoms in total. The van der Waals surface area contributed by atoms with Crippen LogP contribution in [-0.4, -0.2) is 43.5 Å². The summed E-state index contributed by atoms with van der Waals surface area (Å²) in [4.78, 5) is 23.7. The summed E-state index contributed by atoms with van der Waals surface area (Å²) in [6.45, 7) is 1.52. The van der Waals surface area contributed by atoms with Crippen LogP contribution in [0.2, 0.25) is 0 Å². The normalized spacial score (nSPS) is 23.7. The van der Waals surface area contributed by atoms with Gasteiger partial charge in [0.05, 0.1) is 12.1 Å². The van der Waals surface area contributed by atoms with E-state index in [0.29, 0.717) is 23.9 Å². The molecule has 2 unspecified atom stereocenters. The van der Waals surface area contributed by atoms with Gasteiger partial charge in [-0.1, -0.05) is 5.21 Å². The van der Waals surface area contributed by atoms with Crippen LogP contribution in [0.5, 0.6) is 0 Å². The van der Waals surface area contributed by atoms with Crippen LogP contribution in [0.1, 0.15) is 44.9 Å². The fourth-order valence-electron chi connectivity index (χ4n) is 2.95. The first-order valence-electron chi connectivity index (χ1n) is 7.96. The van der Waals surface area contributed by atoms with E-state index in [-0.39, 0.29) is 36.1 Å². The molecule has 0 aromatic carbocycles. The molecule has 0 amide bonds. The van der Waals surface area contributed by atoms with Gasteiger partial charge >= 0.3 is 5.97 Å². The van der Waals surface area contributed by atoms with E-state index in [4.69, 9.17) is 15.2 Å². The van der Waals surface area contributed by atoms with Crippen molar-refractivity contribution in [3.63, 3.8) is 0 Å². The summed E-state index contributed by atoms with van der Waals surface area (Å²) in [5.41, 5.74) is 6.24. The Morgan fingerprint density at radius 3 is 2.83 bits per heavy atom. The van der Waals surface area contributed by atoms with Gasteiger partial charge in [-0.2, -0.15) is 9.78 Å². The van der Waals surface area contributed by atoms with Crippen molar-refractivity contribution in [2.24, 2.45) is 0 Å². The largest absolute Gasteiger partial charge is 0.463 e. The third-order valence-corrected chi connectivity index (χ3v) is 4.29. The second kappa shape index (κ2) is 5.55. The second-order valence-electron chi connectivity index (χ2n) is 6.19. The fourth-order valence-corrected chi connectivity index (χ4v) is 2.95. The van der Waals surface area contributed by atoms with Gasteiger partial charge in [-0.05, 0) is 25.7 Å². The average Bonchev–Trinajstić information content (AvgIpc) is 3.19. The monoisotopic (exact) mass is 334 g/mol. The highest BCUT2D eigenvalue weighted by atomic mass is 16.6. The highest BCUT2D eigenvalue weighted by molar-refractivity contribution is 5.83. The van der Waals surface area contributed by atoms with Gasteiger partial charge in [-0.3, -0.25) is 14.3 Å². The standard InChI is InChI=1S/C14H18N6O4/c1-7(21)23-6-9-4-5-10(24-9)20-14(22)12-11(16-18-20)13(15)17-19(12)8-2-3-8/h8-10H,2-6H2,1H3,(H2,15,17). The van der Waals surface area contributed by atoms with Gasteiger partial charge in [0.15, 0.2) is 23.1 Å². The van der Waals surface area contributed by atoms with Gasteiger partial charge in [0.1, 0.15) is 6.61 Å². The second-order valence-corrected chi connectivity index (χ2v) is 6.19. The fraction of sp³-hybridized carbons (Fsp3) is 0.643. The number of hydrogen-bond acceptors (Lipinski definition) is 8. The Hall–Kier alpha value is -2.49. The maximum absolute atomic E-state index is 12.8. The van der Waals surface area contributed by atoms with Gasteiger partial charge < -0.3 is 15.2 Å². The van der Waals surface area contributed by atoms with Crippen LogP contribution < -0.4 is 11.3 Å². The van der Waals surface area contributed by atoms with Crippen molar-refractivity contribution >= 4 is 22.8 Å². The van der Waals surface area contributed by atoms with Crippen LogP contribution in [0.4, 0.5) is 5.82 Å². The van der Waals surface area contributed by atoms with E-state index < -0.39 is 6.23 Å². The number of ether oxygens (including phenoxy) is 2. The quantitative estimate of drug-likeness (QED) is 0.782. The number of esters is 1. The molecular weight excluding hydrogens is 316 g/mol. The summed E-state index contributed by atoms with van der Waals surface area (Å²) < 4.78 is 13.6. The molecule has 10 heteroatoms. The molecule has 1 aliphatic heterocycles. The Labute approximate surface area is 136 Å². The third-order valence-electron chi connectivity index (χ3n) is 4.29. The molecule has 0 radical (unpaired) electrons. The van der Waals surface area contributed by atoms with E-state index >= 15 is 0 Å². The van der Waals surface area contributed by atoms with Crippen molar-refractivity contribution in [3.05, 3.63) is 10.4 Å². The lowest BCUT2D eigenvalue weighted by molar-refractivity contribution is -0.145. The van der Waals surface area contributed by atoms with Crippen molar-refractivity contribution in [2.45, 2.75) is 51.0 Å². The molecule has 2 aromatic rings. The summed E-state index contributed by atoms with van der Waals surface area (Å²) >= 11 is 0. The number of carbonyl (C=O) groups is 1. The molecule has 2 aromatic heterocycles. The number of nitrogen functional groups attached to an aromatic ring is 1. The highest BCUT2D eigenvalue weighted by Gasteiger charge is 2.33. The number of rotatable bonds is 4. The van der Waals surface area contributed by atoms with E-state index in [0.717, 1.165) is 12.8 Å². The molecule has 0 bridgehead atoms. The predicted octanol–water partition coefficient (Wildman–Crippen LogP) is 0.146. The van der Waals surface area contributed by atoms with Crippen LogP contribution in [0.15, 0.2) is 4.79 Å². The number of fused-ring (bicyclic) bond motifs is 1. The van der Waals surface area contributed by atoms with Crippen LogP contribution in [0.25, 0.3) is 11.0 Å². The topological polar surface area (TPSA) is 127 Å². The number of nitrogens with two attached hydrogens (primary N) is 1. The predicted molar refractivity (Wildman–Crippen MR) is 82.0 cm³/mol. The maximum Gasteiger partial charge on any atom is 0.302 e. The van der Waals surface area contributed by atoms with E-state index in [1.54, 1.807) is 4.68 Å². The van der Waals surface area contributed by atoms with Gasteiger partial charge in [-0.15, -0.1) is 5.10 Å². The van der Waals surface area contributed by atoms with E-state index in [1.165, 1.54) is 11.6 Å². The SMILES string of the molecule is CC(=O)OCC1CCC(n2nnc3c(N)nn(C4CC4)c3c2=O)O1. The van der Waals surface area contributed by atoms with Crippen molar-refractivity contribution in [1.82, 2.24) is 24.8 Å². The average molecular weight is 334 g/mol. The van der Waals surface area contributed by atoms with Crippen molar-refractivity contribution in [1.29, 1.82) is 0 Å². The van der Waals surface area contributed by atoms with Gasteiger partial charge in [0.25, 0.3) is 5.56 Å². The van der Waals surface area contributed by atoms with Gasteiger partial charge in [0.2, 0.25) is 0 Å². The lowest BCUT2D eigenvalue weighted by atomic mass is 10.2. The molecule has 2 atom stereocenters. The maximum atomic E-state index is 12.8. The molecule has 0 spiro atoms. The Morgan fingerprint density at radius 2 is 2.12 bits per heavy atom. The van der Waals surface area contributed by atoms with Gasteiger partial charge in [0, 0.05) is 6.92 Å². The van der Waals surface area contributed by atoms with Crippen LogP contribution >= 0.6 is 0 Å². The van der Waals surface area contributed by atoms with Crippen molar-refractivity contribution in [2.75, 3.05) is 12.3 Å². The molecule has 3 heterocycles. The van der Waals surface area contributed by atoms with Crippen LogP contribution in [0, 0.1) is 0 Å². The van der Waals surface area contributed by atoms with E-state index in [9.17, 15) is 9.59 Å². The number of anilines is 1. The Balaban J connectivity index is 1.63. The van der Waals surface area contributed by atoms with Crippen molar-refractivity contribution < 1.29 is 14.3 Å². The molecule has 4 rings (SSSR count). The minimum Gasteiger partial charge on any atom is -0.463 e.